The fourth-order valence-electron chi connectivity index (χ4n) is 3.25. The third kappa shape index (κ3) is 4.05. The Morgan fingerprint density at radius 3 is 2.58 bits per heavy atom. The molecule has 0 unspecified atom stereocenters. The van der Waals surface area contributed by atoms with Crippen molar-refractivity contribution in [3.05, 3.63) is 35.4 Å². The predicted octanol–water partition coefficient (Wildman–Crippen LogP) is 3.45. The van der Waals surface area contributed by atoms with Gasteiger partial charge in [0.2, 0.25) is 0 Å². The summed E-state index contributed by atoms with van der Waals surface area (Å²) in [7, 11) is 0. The molecule has 1 aliphatic rings. The fourth-order valence-corrected chi connectivity index (χ4v) is 3.25. The molecule has 2 heteroatoms. The van der Waals surface area contributed by atoms with Crippen molar-refractivity contribution < 1.29 is 0 Å². The summed E-state index contributed by atoms with van der Waals surface area (Å²) in [5.41, 5.74) is 8.65. The van der Waals surface area contributed by atoms with E-state index in [1.54, 1.807) is 0 Å². The van der Waals surface area contributed by atoms with Gasteiger partial charge < -0.3 is 11.1 Å². The van der Waals surface area contributed by atoms with E-state index in [0.29, 0.717) is 12.0 Å². The Balaban J connectivity index is 1.81. The average molecular weight is 260 g/mol. The maximum Gasteiger partial charge on any atom is 0.0205 e. The van der Waals surface area contributed by atoms with Gasteiger partial charge in [0.1, 0.15) is 0 Å². The SMILES string of the molecule is CC(C)(CNCc1cccc(CN)c1)C1CCCC1. The summed E-state index contributed by atoms with van der Waals surface area (Å²) in [5.74, 6) is 0.898. The Morgan fingerprint density at radius 1 is 1.21 bits per heavy atom. The first-order chi connectivity index (χ1) is 9.12. The first-order valence-corrected chi connectivity index (χ1v) is 7.60. The summed E-state index contributed by atoms with van der Waals surface area (Å²) >= 11 is 0. The van der Waals surface area contributed by atoms with Crippen LogP contribution in [0.3, 0.4) is 0 Å². The van der Waals surface area contributed by atoms with Crippen molar-refractivity contribution in [2.75, 3.05) is 6.54 Å². The molecule has 1 aromatic carbocycles. The second-order valence-electron chi connectivity index (χ2n) is 6.60. The highest BCUT2D eigenvalue weighted by Gasteiger charge is 2.31. The topological polar surface area (TPSA) is 38.0 Å². The molecule has 0 saturated heterocycles. The van der Waals surface area contributed by atoms with Gasteiger partial charge in [-0.25, -0.2) is 0 Å². The van der Waals surface area contributed by atoms with E-state index in [1.165, 1.54) is 36.8 Å². The summed E-state index contributed by atoms with van der Waals surface area (Å²) in [6, 6.07) is 8.57. The summed E-state index contributed by atoms with van der Waals surface area (Å²) < 4.78 is 0. The van der Waals surface area contributed by atoms with Gasteiger partial charge in [-0.1, -0.05) is 51.0 Å². The van der Waals surface area contributed by atoms with E-state index < -0.39 is 0 Å². The molecule has 0 aliphatic heterocycles. The van der Waals surface area contributed by atoms with Gasteiger partial charge >= 0.3 is 0 Å². The fraction of sp³-hybridized carbons (Fsp3) is 0.647. The van der Waals surface area contributed by atoms with Crippen LogP contribution >= 0.6 is 0 Å². The normalized spacial score (nSPS) is 17.0. The van der Waals surface area contributed by atoms with E-state index in [1.807, 2.05) is 0 Å². The highest BCUT2D eigenvalue weighted by atomic mass is 14.9. The molecule has 0 aromatic heterocycles. The van der Waals surface area contributed by atoms with Gasteiger partial charge in [-0.3, -0.25) is 0 Å². The quantitative estimate of drug-likeness (QED) is 0.822. The van der Waals surface area contributed by atoms with Crippen LogP contribution in [0.1, 0.15) is 50.7 Å². The van der Waals surface area contributed by atoms with Crippen LogP contribution in [0.2, 0.25) is 0 Å². The Bertz CT molecular complexity index is 392. The summed E-state index contributed by atoms with van der Waals surface area (Å²) in [6.07, 6.45) is 5.67. The minimum absolute atomic E-state index is 0.419. The second kappa shape index (κ2) is 6.53. The predicted molar refractivity (Wildman–Crippen MR) is 81.8 cm³/mol. The Labute approximate surface area is 117 Å². The zero-order chi connectivity index (χ0) is 13.7. The summed E-state index contributed by atoms with van der Waals surface area (Å²) in [4.78, 5) is 0. The molecule has 0 heterocycles. The standard InChI is InChI=1S/C17H28N2/c1-17(2,16-8-3-4-9-16)13-19-12-15-7-5-6-14(10-15)11-18/h5-7,10,16,19H,3-4,8-9,11-13,18H2,1-2H3. The van der Waals surface area contributed by atoms with Gasteiger partial charge in [0, 0.05) is 19.6 Å². The largest absolute Gasteiger partial charge is 0.326 e. The van der Waals surface area contributed by atoms with Gasteiger partial charge in [-0.05, 0) is 35.3 Å². The van der Waals surface area contributed by atoms with Crippen LogP contribution in [0.15, 0.2) is 24.3 Å². The van der Waals surface area contributed by atoms with Gasteiger partial charge in [-0.2, -0.15) is 0 Å². The van der Waals surface area contributed by atoms with Crippen molar-refractivity contribution in [1.29, 1.82) is 0 Å². The Kier molecular flexibility index (Phi) is 5.00. The van der Waals surface area contributed by atoms with Crippen molar-refractivity contribution in [1.82, 2.24) is 5.32 Å². The molecule has 0 bridgehead atoms. The third-order valence-electron chi connectivity index (χ3n) is 4.60. The maximum absolute atomic E-state index is 5.68. The molecule has 3 N–H and O–H groups in total. The molecular weight excluding hydrogens is 232 g/mol. The smallest absolute Gasteiger partial charge is 0.0205 e. The molecule has 0 atom stereocenters. The molecule has 1 aliphatic carbocycles. The average Bonchev–Trinajstić information content (AvgIpc) is 2.93. The molecule has 19 heavy (non-hydrogen) atoms. The lowest BCUT2D eigenvalue weighted by Gasteiger charge is -2.32. The highest BCUT2D eigenvalue weighted by molar-refractivity contribution is 5.23. The van der Waals surface area contributed by atoms with E-state index in [2.05, 4.69) is 43.4 Å². The minimum Gasteiger partial charge on any atom is -0.326 e. The van der Waals surface area contributed by atoms with Gasteiger partial charge in [-0.15, -0.1) is 0 Å². The van der Waals surface area contributed by atoms with E-state index >= 15 is 0 Å². The zero-order valence-corrected chi connectivity index (χ0v) is 12.4. The molecule has 1 aromatic rings. The van der Waals surface area contributed by atoms with Crippen molar-refractivity contribution in [2.24, 2.45) is 17.1 Å². The number of nitrogens with two attached hydrogens (primary N) is 1. The minimum atomic E-state index is 0.419. The molecule has 0 spiro atoms. The number of rotatable bonds is 6. The van der Waals surface area contributed by atoms with Gasteiger partial charge in [0.05, 0.1) is 0 Å². The van der Waals surface area contributed by atoms with Crippen LogP contribution < -0.4 is 11.1 Å². The summed E-state index contributed by atoms with van der Waals surface area (Å²) in [5, 5.41) is 3.63. The third-order valence-corrected chi connectivity index (χ3v) is 4.60. The van der Waals surface area contributed by atoms with Crippen LogP contribution in [-0.4, -0.2) is 6.54 Å². The Hall–Kier alpha value is -0.860. The van der Waals surface area contributed by atoms with E-state index in [4.69, 9.17) is 5.73 Å². The lowest BCUT2D eigenvalue weighted by molar-refractivity contribution is 0.208. The van der Waals surface area contributed by atoms with E-state index in [0.717, 1.165) is 19.0 Å². The number of hydrogen-bond donors (Lipinski definition) is 2. The lowest BCUT2D eigenvalue weighted by Crippen LogP contribution is -2.34. The number of nitrogens with one attached hydrogen (secondary N) is 1. The molecule has 2 nitrogen and oxygen atoms in total. The number of benzene rings is 1. The van der Waals surface area contributed by atoms with Crippen LogP contribution in [0, 0.1) is 11.3 Å². The van der Waals surface area contributed by atoms with E-state index in [-0.39, 0.29) is 0 Å². The first-order valence-electron chi connectivity index (χ1n) is 7.60. The maximum atomic E-state index is 5.68. The Morgan fingerprint density at radius 2 is 1.89 bits per heavy atom. The zero-order valence-electron chi connectivity index (χ0n) is 12.4. The van der Waals surface area contributed by atoms with Crippen molar-refractivity contribution in [3.63, 3.8) is 0 Å². The second-order valence-corrected chi connectivity index (χ2v) is 6.60. The molecule has 0 radical (unpaired) electrons. The molecule has 2 rings (SSSR count). The molecule has 106 valence electrons. The highest BCUT2D eigenvalue weighted by Crippen LogP contribution is 2.39. The molecule has 0 amide bonds. The van der Waals surface area contributed by atoms with Crippen molar-refractivity contribution >= 4 is 0 Å². The monoisotopic (exact) mass is 260 g/mol. The van der Waals surface area contributed by atoms with E-state index in [9.17, 15) is 0 Å². The first kappa shape index (κ1) is 14.5. The van der Waals surface area contributed by atoms with Gasteiger partial charge in [0.15, 0.2) is 0 Å². The lowest BCUT2D eigenvalue weighted by atomic mass is 9.77. The molecule has 1 saturated carbocycles. The molecular formula is C17H28N2. The van der Waals surface area contributed by atoms with Crippen LogP contribution in [-0.2, 0) is 13.1 Å². The van der Waals surface area contributed by atoms with Crippen LogP contribution in [0.5, 0.6) is 0 Å². The van der Waals surface area contributed by atoms with Crippen molar-refractivity contribution in [2.45, 2.75) is 52.6 Å². The van der Waals surface area contributed by atoms with Gasteiger partial charge in [0.25, 0.3) is 0 Å². The summed E-state index contributed by atoms with van der Waals surface area (Å²) in [6.45, 7) is 7.49. The van der Waals surface area contributed by atoms with Crippen molar-refractivity contribution in [3.8, 4) is 0 Å². The number of hydrogen-bond acceptors (Lipinski definition) is 2. The molecule has 1 fully saturated rings. The van der Waals surface area contributed by atoms with Crippen LogP contribution in [0.25, 0.3) is 0 Å². The van der Waals surface area contributed by atoms with Crippen LogP contribution in [0.4, 0.5) is 0 Å².